The van der Waals surface area contributed by atoms with Crippen LogP contribution in [0.25, 0.3) is 11.5 Å². The first-order valence-electron chi connectivity index (χ1n) is 8.33. The average Bonchev–Trinajstić information content (AvgIpc) is 3.01. The standard InChI is InChI=1S/C18H25N3O4S/c1-13-15(7-8-24-9-10-26-12-17(22)23-4)20-18(25-13)14-5-6-16(19-11-14)21(2)3/h5-6,11H,7-10,12H2,1-4H3. The number of esters is 1. The van der Waals surface area contributed by atoms with E-state index < -0.39 is 0 Å². The van der Waals surface area contributed by atoms with Crippen LogP contribution in [0, 0.1) is 6.92 Å². The van der Waals surface area contributed by atoms with Gasteiger partial charge in [-0.2, -0.15) is 0 Å². The SMILES string of the molecule is COC(=O)CSCCOCCc1nc(-c2ccc(N(C)C)nc2)oc1C. The average molecular weight is 379 g/mol. The third kappa shape index (κ3) is 6.03. The second-order valence-electron chi connectivity index (χ2n) is 5.81. The number of ether oxygens (including phenoxy) is 2. The van der Waals surface area contributed by atoms with Gasteiger partial charge in [-0.3, -0.25) is 4.79 Å². The molecule has 0 aliphatic rings. The summed E-state index contributed by atoms with van der Waals surface area (Å²) in [6.07, 6.45) is 2.44. The Balaban J connectivity index is 1.78. The number of carbonyl (C=O) groups excluding carboxylic acids is 1. The second-order valence-corrected chi connectivity index (χ2v) is 6.92. The molecule has 142 valence electrons. The molecule has 0 bridgehead atoms. The summed E-state index contributed by atoms with van der Waals surface area (Å²) < 4.78 is 15.9. The molecule has 0 unspecified atom stereocenters. The van der Waals surface area contributed by atoms with Gasteiger partial charge in [-0.25, -0.2) is 9.97 Å². The summed E-state index contributed by atoms with van der Waals surface area (Å²) >= 11 is 1.50. The van der Waals surface area contributed by atoms with Crippen molar-refractivity contribution in [2.75, 3.05) is 50.8 Å². The maximum atomic E-state index is 11.0. The Morgan fingerprint density at radius 1 is 1.31 bits per heavy atom. The number of methoxy groups -OCH3 is 1. The zero-order valence-electron chi connectivity index (χ0n) is 15.7. The predicted molar refractivity (Wildman–Crippen MR) is 103 cm³/mol. The Kier molecular flexibility index (Phi) is 7.93. The Bertz CT molecular complexity index is 701. The number of anilines is 1. The van der Waals surface area contributed by atoms with Crippen molar-refractivity contribution in [3.63, 3.8) is 0 Å². The molecule has 26 heavy (non-hydrogen) atoms. The number of nitrogens with zero attached hydrogens (tertiary/aromatic N) is 3. The van der Waals surface area contributed by atoms with Crippen molar-refractivity contribution in [2.24, 2.45) is 0 Å². The van der Waals surface area contributed by atoms with Crippen LogP contribution in [0.3, 0.4) is 0 Å². The van der Waals surface area contributed by atoms with Gasteiger partial charge in [-0.1, -0.05) is 0 Å². The van der Waals surface area contributed by atoms with Crippen LogP contribution in [0.15, 0.2) is 22.7 Å². The largest absolute Gasteiger partial charge is 0.468 e. The highest BCUT2D eigenvalue weighted by Crippen LogP contribution is 2.22. The normalized spacial score (nSPS) is 10.8. The van der Waals surface area contributed by atoms with Crippen LogP contribution >= 0.6 is 11.8 Å². The zero-order chi connectivity index (χ0) is 18.9. The van der Waals surface area contributed by atoms with Crippen molar-refractivity contribution >= 4 is 23.5 Å². The number of hydrogen-bond donors (Lipinski definition) is 0. The minimum atomic E-state index is -0.214. The number of rotatable bonds is 10. The van der Waals surface area contributed by atoms with E-state index >= 15 is 0 Å². The van der Waals surface area contributed by atoms with Crippen LogP contribution in [0.2, 0.25) is 0 Å². The van der Waals surface area contributed by atoms with Crippen LogP contribution in [0.1, 0.15) is 11.5 Å². The van der Waals surface area contributed by atoms with Crippen LogP contribution in [-0.4, -0.2) is 61.9 Å². The molecule has 0 atom stereocenters. The molecule has 0 radical (unpaired) electrons. The summed E-state index contributed by atoms with van der Waals surface area (Å²) in [6, 6.07) is 3.88. The molecule has 0 aliphatic heterocycles. The Morgan fingerprint density at radius 2 is 2.12 bits per heavy atom. The molecule has 0 amide bonds. The molecule has 0 aliphatic carbocycles. The van der Waals surface area contributed by atoms with E-state index in [2.05, 4.69) is 14.7 Å². The van der Waals surface area contributed by atoms with Gasteiger partial charge in [0.05, 0.1) is 37.3 Å². The van der Waals surface area contributed by atoms with Crippen molar-refractivity contribution < 1.29 is 18.7 Å². The van der Waals surface area contributed by atoms with Gasteiger partial charge in [-0.15, -0.1) is 11.8 Å². The number of aryl methyl sites for hydroxylation is 1. The fourth-order valence-electron chi connectivity index (χ4n) is 2.16. The van der Waals surface area contributed by atoms with Gasteiger partial charge in [0.15, 0.2) is 0 Å². The molecule has 2 aromatic rings. The van der Waals surface area contributed by atoms with Crippen LogP contribution < -0.4 is 4.90 Å². The highest BCUT2D eigenvalue weighted by atomic mass is 32.2. The zero-order valence-corrected chi connectivity index (χ0v) is 16.5. The van der Waals surface area contributed by atoms with Crippen molar-refractivity contribution in [1.82, 2.24) is 9.97 Å². The van der Waals surface area contributed by atoms with E-state index in [9.17, 15) is 4.79 Å². The number of oxazole rings is 1. The minimum Gasteiger partial charge on any atom is -0.468 e. The molecular formula is C18H25N3O4S. The first kappa shape index (κ1) is 20.3. The minimum absolute atomic E-state index is 0.214. The summed E-state index contributed by atoms with van der Waals surface area (Å²) in [6.45, 7) is 3.05. The van der Waals surface area contributed by atoms with Gasteiger partial charge in [-0.05, 0) is 19.1 Å². The molecular weight excluding hydrogens is 354 g/mol. The Hall–Kier alpha value is -2.06. The summed E-state index contributed by atoms with van der Waals surface area (Å²) in [4.78, 5) is 21.9. The van der Waals surface area contributed by atoms with E-state index in [1.165, 1.54) is 18.9 Å². The molecule has 0 aromatic carbocycles. The summed E-state index contributed by atoms with van der Waals surface area (Å²) in [5.41, 5.74) is 1.74. The highest BCUT2D eigenvalue weighted by molar-refractivity contribution is 7.99. The fraction of sp³-hybridized carbons (Fsp3) is 0.500. The number of pyridine rings is 1. The number of carbonyl (C=O) groups is 1. The van der Waals surface area contributed by atoms with Gasteiger partial charge in [0.25, 0.3) is 0 Å². The van der Waals surface area contributed by atoms with Crippen LogP contribution in [0.5, 0.6) is 0 Å². The van der Waals surface area contributed by atoms with Gasteiger partial charge in [0, 0.05) is 32.5 Å². The molecule has 2 aromatic heterocycles. The summed E-state index contributed by atoms with van der Waals surface area (Å²) in [7, 11) is 5.29. The van der Waals surface area contributed by atoms with Gasteiger partial charge in [0.2, 0.25) is 5.89 Å². The molecule has 0 saturated carbocycles. The number of thioether (sulfide) groups is 1. The number of aromatic nitrogens is 2. The van der Waals surface area contributed by atoms with Gasteiger partial charge < -0.3 is 18.8 Å². The lowest BCUT2D eigenvalue weighted by molar-refractivity contribution is -0.137. The van der Waals surface area contributed by atoms with E-state index in [1.54, 1.807) is 6.20 Å². The maximum Gasteiger partial charge on any atom is 0.315 e. The molecule has 7 nitrogen and oxygen atoms in total. The van der Waals surface area contributed by atoms with E-state index in [0.717, 1.165) is 28.6 Å². The smallest absolute Gasteiger partial charge is 0.315 e. The molecule has 8 heteroatoms. The monoisotopic (exact) mass is 379 g/mol. The van der Waals surface area contributed by atoms with Gasteiger partial charge >= 0.3 is 5.97 Å². The predicted octanol–water partition coefficient (Wildman–Crippen LogP) is 2.58. The maximum absolute atomic E-state index is 11.0. The third-order valence-electron chi connectivity index (χ3n) is 3.65. The van der Waals surface area contributed by atoms with Crippen molar-refractivity contribution in [1.29, 1.82) is 0 Å². The number of hydrogen-bond acceptors (Lipinski definition) is 8. The third-order valence-corrected chi connectivity index (χ3v) is 4.54. The van der Waals surface area contributed by atoms with Crippen LogP contribution in [0.4, 0.5) is 5.82 Å². The lowest BCUT2D eigenvalue weighted by atomic mass is 10.2. The fourth-order valence-corrected chi connectivity index (χ4v) is 2.83. The molecule has 0 saturated heterocycles. The van der Waals surface area contributed by atoms with Crippen molar-refractivity contribution in [3.05, 3.63) is 29.8 Å². The lowest BCUT2D eigenvalue weighted by Crippen LogP contribution is -2.10. The summed E-state index contributed by atoms with van der Waals surface area (Å²) in [5, 5.41) is 0. The van der Waals surface area contributed by atoms with Gasteiger partial charge in [0.1, 0.15) is 11.6 Å². The molecule has 0 fully saturated rings. The van der Waals surface area contributed by atoms with Crippen molar-refractivity contribution in [3.8, 4) is 11.5 Å². The quantitative estimate of drug-likeness (QED) is 0.460. The topological polar surface area (TPSA) is 77.7 Å². The van der Waals surface area contributed by atoms with E-state index in [4.69, 9.17) is 9.15 Å². The van der Waals surface area contributed by atoms with Crippen LogP contribution in [-0.2, 0) is 20.7 Å². The first-order chi connectivity index (χ1) is 12.5. The molecule has 0 spiro atoms. The molecule has 0 N–H and O–H groups in total. The van der Waals surface area contributed by atoms with Crippen molar-refractivity contribution in [2.45, 2.75) is 13.3 Å². The second kappa shape index (κ2) is 10.2. The first-order valence-corrected chi connectivity index (χ1v) is 9.49. The molecule has 2 heterocycles. The Morgan fingerprint density at radius 3 is 2.77 bits per heavy atom. The molecule has 2 rings (SSSR count). The van der Waals surface area contributed by atoms with E-state index in [1.807, 2.05) is 38.1 Å². The lowest BCUT2D eigenvalue weighted by Gasteiger charge is -2.10. The van der Waals surface area contributed by atoms with E-state index in [0.29, 0.717) is 31.3 Å². The Labute approximate surface area is 158 Å². The highest BCUT2D eigenvalue weighted by Gasteiger charge is 2.12. The van der Waals surface area contributed by atoms with E-state index in [-0.39, 0.29) is 5.97 Å². The summed E-state index contributed by atoms with van der Waals surface area (Å²) in [5.74, 6) is 3.14.